The van der Waals surface area contributed by atoms with Crippen molar-refractivity contribution in [1.29, 1.82) is 0 Å². The van der Waals surface area contributed by atoms with Crippen molar-refractivity contribution in [1.82, 2.24) is 5.53 Å². The zero-order chi connectivity index (χ0) is 6.97. The minimum Gasteiger partial charge on any atom is -0.128 e. The summed E-state index contributed by atoms with van der Waals surface area (Å²) in [5, 5.41) is 9.47. The third kappa shape index (κ3) is 0.675. The van der Waals surface area contributed by atoms with Gasteiger partial charge in [0.2, 0.25) is 0 Å². The molecule has 49 valence electrons. The summed E-state index contributed by atoms with van der Waals surface area (Å²) < 4.78 is 0. The van der Waals surface area contributed by atoms with E-state index < -0.39 is 0 Å². The molecular weight excluding hydrogens is 150 g/mol. The molecule has 1 aromatic rings. The van der Waals surface area contributed by atoms with Crippen molar-refractivity contribution < 1.29 is 0 Å². The first-order valence-electron chi connectivity index (χ1n) is 2.78. The predicted molar refractivity (Wildman–Crippen MR) is 35.9 cm³/mol. The second-order valence-corrected chi connectivity index (χ2v) is 2.30. The van der Waals surface area contributed by atoms with Crippen LogP contribution in [0.25, 0.3) is 0 Å². The topological polar surface area (TPSA) is 38.8 Å². The van der Waals surface area contributed by atoms with Gasteiger partial charge in [-0.15, -0.1) is 10.2 Å². The Balaban J connectivity index is 2.97. The van der Waals surface area contributed by atoms with Crippen LogP contribution in [0.15, 0.2) is 28.4 Å². The van der Waals surface area contributed by atoms with E-state index in [0.29, 0.717) is 10.4 Å². The minimum atomic E-state index is 0.600. The first-order valence-corrected chi connectivity index (χ1v) is 3.16. The highest BCUT2D eigenvalue weighted by molar-refractivity contribution is 6.30. The van der Waals surface area contributed by atoms with Gasteiger partial charge >= 0.3 is 0 Å². The van der Waals surface area contributed by atoms with Crippen molar-refractivity contribution in [3.05, 3.63) is 33.9 Å². The smallest absolute Gasteiger partial charge is 0.128 e. The molecule has 0 spiro atoms. The molecule has 0 aliphatic carbocycles. The fourth-order valence-electron chi connectivity index (χ4n) is 0.799. The van der Waals surface area contributed by atoms with Crippen LogP contribution in [0.4, 0.5) is 0 Å². The van der Waals surface area contributed by atoms with Crippen LogP contribution in [0.1, 0.15) is 0 Å². The molecule has 0 bridgehead atoms. The van der Waals surface area contributed by atoms with Crippen LogP contribution in [0, 0.1) is 0 Å². The van der Waals surface area contributed by atoms with Crippen LogP contribution in [-0.2, 0) is 0 Å². The summed E-state index contributed by atoms with van der Waals surface area (Å²) in [7, 11) is 0. The van der Waals surface area contributed by atoms with Crippen LogP contribution in [0.2, 0.25) is 5.02 Å². The molecule has 4 heteroatoms. The van der Waals surface area contributed by atoms with E-state index in [4.69, 9.17) is 11.6 Å². The second-order valence-electron chi connectivity index (χ2n) is 1.90. The molecule has 2 rings (SSSR count). The van der Waals surface area contributed by atoms with Gasteiger partial charge in [-0.05, 0) is 17.7 Å². The van der Waals surface area contributed by atoms with Gasteiger partial charge in [-0.2, -0.15) is 0 Å². The molecule has 1 heterocycles. The highest BCUT2D eigenvalue weighted by Gasteiger charge is 1.99. The molecular formula is C6H3ClN3. The molecule has 0 amide bonds. The lowest BCUT2D eigenvalue weighted by molar-refractivity contribution is 0.780. The largest absolute Gasteiger partial charge is 0.134 e. The van der Waals surface area contributed by atoms with E-state index in [2.05, 4.69) is 15.7 Å². The van der Waals surface area contributed by atoms with E-state index in [1.54, 1.807) is 6.07 Å². The molecule has 1 aliphatic heterocycles. The van der Waals surface area contributed by atoms with Gasteiger partial charge in [-0.25, -0.2) is 0 Å². The number of fused-ring (bicyclic) bond motifs is 1. The number of hydrogen-bond acceptors (Lipinski definition) is 2. The Morgan fingerprint density at radius 2 is 2.10 bits per heavy atom. The zero-order valence-corrected chi connectivity index (χ0v) is 5.71. The predicted octanol–water partition coefficient (Wildman–Crippen LogP) is 0.0272. The number of rotatable bonds is 0. The van der Waals surface area contributed by atoms with Crippen molar-refractivity contribution in [2.24, 2.45) is 10.2 Å². The molecule has 0 aromatic heterocycles. The van der Waals surface area contributed by atoms with Gasteiger partial charge in [0.05, 0.1) is 5.02 Å². The summed E-state index contributed by atoms with van der Waals surface area (Å²) >= 11 is 5.76. The van der Waals surface area contributed by atoms with Crippen molar-refractivity contribution in [2.75, 3.05) is 0 Å². The maximum absolute atomic E-state index is 5.76. The summed E-state index contributed by atoms with van der Waals surface area (Å²) in [6.45, 7) is 0. The normalized spacial score (nSPS) is 12.9. The highest BCUT2D eigenvalue weighted by Crippen LogP contribution is 1.96. The monoisotopic (exact) mass is 152 g/mol. The Hall–Kier alpha value is -1.09. The molecule has 1 aromatic carbocycles. The molecule has 1 aliphatic rings. The number of benzene rings is 1. The lowest BCUT2D eigenvalue weighted by Gasteiger charge is -1.82. The summed E-state index contributed by atoms with van der Waals surface area (Å²) in [4.78, 5) is 0. The molecule has 0 N–H and O–H groups in total. The highest BCUT2D eigenvalue weighted by atomic mass is 35.5. The van der Waals surface area contributed by atoms with Gasteiger partial charge in [-0.1, -0.05) is 17.7 Å². The van der Waals surface area contributed by atoms with Gasteiger partial charge in [0.25, 0.3) is 0 Å². The molecule has 0 saturated carbocycles. The maximum atomic E-state index is 5.76. The van der Waals surface area contributed by atoms with Gasteiger partial charge in [0.1, 0.15) is 10.7 Å². The molecule has 0 unspecified atom stereocenters. The zero-order valence-electron chi connectivity index (χ0n) is 4.95. The molecule has 1 radical (unpaired) electrons. The fourth-order valence-corrected chi connectivity index (χ4v) is 1.01. The second kappa shape index (κ2) is 1.95. The number of hydrogen-bond donors (Lipinski definition) is 0. The third-order valence-electron chi connectivity index (χ3n) is 1.26. The number of halogens is 1. The molecule has 3 nitrogen and oxygen atoms in total. The summed E-state index contributed by atoms with van der Waals surface area (Å²) in [6, 6.07) is 5.41. The summed E-state index contributed by atoms with van der Waals surface area (Å²) in [5.74, 6) is 0. The quantitative estimate of drug-likeness (QED) is 0.503. The molecule has 0 fully saturated rings. The lowest BCUT2D eigenvalue weighted by atomic mass is 10.3. The standard InChI is InChI=1S/C6H3ClN3/c7-4-2-1-3-5-6(4)9-10-8-5/h1-3H. The Labute approximate surface area is 62.0 Å². The van der Waals surface area contributed by atoms with Crippen molar-refractivity contribution in [3.63, 3.8) is 0 Å². The van der Waals surface area contributed by atoms with Crippen LogP contribution >= 0.6 is 11.6 Å². The van der Waals surface area contributed by atoms with E-state index in [1.165, 1.54) is 0 Å². The fraction of sp³-hybridized carbons (Fsp3) is 0. The van der Waals surface area contributed by atoms with Gasteiger partial charge in [-0.3, -0.25) is 0 Å². The minimum absolute atomic E-state index is 0.600. The first kappa shape index (κ1) is 5.68. The summed E-state index contributed by atoms with van der Waals surface area (Å²) in [6.07, 6.45) is 0. The van der Waals surface area contributed by atoms with Gasteiger partial charge in [0.15, 0.2) is 0 Å². The van der Waals surface area contributed by atoms with Crippen LogP contribution in [0.3, 0.4) is 0 Å². The van der Waals surface area contributed by atoms with Crippen LogP contribution < -0.4 is 16.2 Å². The lowest BCUT2D eigenvalue weighted by Crippen LogP contribution is -2.21. The maximum Gasteiger partial charge on any atom is 0.134 e. The molecule has 0 saturated heterocycles. The SMILES string of the molecule is Clc1cccc2c1=N[N]N=2. The first-order chi connectivity index (χ1) is 4.88. The van der Waals surface area contributed by atoms with Gasteiger partial charge < -0.3 is 0 Å². The molecule has 10 heavy (non-hydrogen) atoms. The van der Waals surface area contributed by atoms with Crippen LogP contribution in [-0.4, -0.2) is 0 Å². The third-order valence-corrected chi connectivity index (χ3v) is 1.57. The Morgan fingerprint density at radius 1 is 1.20 bits per heavy atom. The Bertz CT molecular complexity index is 371. The van der Waals surface area contributed by atoms with Crippen molar-refractivity contribution in [3.8, 4) is 0 Å². The average molecular weight is 153 g/mol. The van der Waals surface area contributed by atoms with Gasteiger partial charge in [0, 0.05) is 0 Å². The average Bonchev–Trinajstić information content (AvgIpc) is 2.36. The Morgan fingerprint density at radius 3 is 2.90 bits per heavy atom. The van der Waals surface area contributed by atoms with Crippen molar-refractivity contribution >= 4 is 11.6 Å². The van der Waals surface area contributed by atoms with E-state index >= 15 is 0 Å². The number of nitrogens with zero attached hydrogens (tertiary/aromatic N) is 3. The van der Waals surface area contributed by atoms with E-state index in [1.807, 2.05) is 12.1 Å². The van der Waals surface area contributed by atoms with Crippen LogP contribution in [0.5, 0.6) is 0 Å². The van der Waals surface area contributed by atoms with E-state index in [-0.39, 0.29) is 0 Å². The van der Waals surface area contributed by atoms with Crippen molar-refractivity contribution in [2.45, 2.75) is 0 Å². The Kier molecular flexibility index (Phi) is 1.11. The van der Waals surface area contributed by atoms with E-state index in [0.717, 1.165) is 5.36 Å². The van der Waals surface area contributed by atoms with E-state index in [9.17, 15) is 0 Å². The molecule has 0 atom stereocenters. The summed E-state index contributed by atoms with van der Waals surface area (Å²) in [5.41, 5.74) is 3.48.